The highest BCUT2D eigenvalue weighted by atomic mass is 14.4. The van der Waals surface area contributed by atoms with Crippen LogP contribution in [0, 0.1) is 29.6 Å². The molecule has 1 aromatic carbocycles. The zero-order valence-corrected chi connectivity index (χ0v) is 21.8. The van der Waals surface area contributed by atoms with Crippen molar-refractivity contribution >= 4 is 0 Å². The lowest BCUT2D eigenvalue weighted by atomic mass is 9.60. The molecule has 0 spiro atoms. The summed E-state index contributed by atoms with van der Waals surface area (Å²) >= 11 is 0. The van der Waals surface area contributed by atoms with Crippen LogP contribution in [0.25, 0.3) is 0 Å². The van der Waals surface area contributed by atoms with Crippen LogP contribution in [0.5, 0.6) is 0 Å². The van der Waals surface area contributed by atoms with Crippen molar-refractivity contribution in [2.75, 3.05) is 0 Å². The van der Waals surface area contributed by atoms with Gasteiger partial charge in [0, 0.05) is 0 Å². The highest BCUT2D eigenvalue weighted by Crippen LogP contribution is 2.51. The van der Waals surface area contributed by atoms with E-state index in [9.17, 15) is 0 Å². The third-order valence-corrected chi connectivity index (χ3v) is 10.0. The van der Waals surface area contributed by atoms with E-state index >= 15 is 0 Å². The first-order valence-electron chi connectivity index (χ1n) is 15.0. The van der Waals surface area contributed by atoms with E-state index in [1.165, 1.54) is 69.8 Å². The molecule has 3 fully saturated rings. The third-order valence-electron chi connectivity index (χ3n) is 10.0. The van der Waals surface area contributed by atoms with Gasteiger partial charge in [-0.05, 0) is 111 Å². The summed E-state index contributed by atoms with van der Waals surface area (Å²) in [5.74, 6) is 6.09. The lowest BCUT2D eigenvalue weighted by Gasteiger charge is -2.45. The molecule has 0 radical (unpaired) electrons. The Morgan fingerprint density at radius 3 is 2.09 bits per heavy atom. The van der Waals surface area contributed by atoms with Gasteiger partial charge in [-0.15, -0.1) is 6.58 Å². The lowest BCUT2D eigenvalue weighted by Crippen LogP contribution is -2.34. The van der Waals surface area contributed by atoms with Crippen molar-refractivity contribution in [1.29, 1.82) is 0 Å². The van der Waals surface area contributed by atoms with Gasteiger partial charge in [-0.25, -0.2) is 0 Å². The largest absolute Gasteiger partial charge is 0.103 e. The molecule has 0 heterocycles. The minimum Gasteiger partial charge on any atom is -0.103 e. The van der Waals surface area contributed by atoms with Crippen LogP contribution in [0.4, 0.5) is 0 Å². The molecule has 0 nitrogen and oxygen atoms in total. The summed E-state index contributed by atoms with van der Waals surface area (Å²) in [5, 5.41) is 0. The summed E-state index contributed by atoms with van der Waals surface area (Å²) in [6.45, 7) is 6.19. The molecule has 33 heavy (non-hydrogen) atoms. The topological polar surface area (TPSA) is 0 Å². The second-order valence-corrected chi connectivity index (χ2v) is 12.2. The Balaban J connectivity index is 1.18. The third kappa shape index (κ3) is 7.22. The summed E-state index contributed by atoms with van der Waals surface area (Å²) in [6.07, 6.45) is 28.3. The molecule has 3 aliphatic carbocycles. The van der Waals surface area contributed by atoms with E-state index in [-0.39, 0.29) is 0 Å². The first kappa shape index (κ1) is 25.1. The zero-order valence-electron chi connectivity index (χ0n) is 21.8. The second kappa shape index (κ2) is 13.2. The van der Waals surface area contributed by atoms with Crippen LogP contribution >= 0.6 is 0 Å². The molecule has 184 valence electrons. The number of benzene rings is 1. The molecule has 1 aromatic rings. The number of unbranched alkanes of at least 4 members (excludes halogenated alkanes) is 4. The molecular formula is C33H52. The summed E-state index contributed by atoms with van der Waals surface area (Å²) in [4.78, 5) is 0. The number of rotatable bonds is 11. The highest BCUT2D eigenvalue weighted by Gasteiger charge is 2.39. The predicted octanol–water partition coefficient (Wildman–Crippen LogP) is 10.3. The van der Waals surface area contributed by atoms with Gasteiger partial charge in [-0.3, -0.25) is 0 Å². The van der Waals surface area contributed by atoms with Gasteiger partial charge in [-0.2, -0.15) is 0 Å². The van der Waals surface area contributed by atoms with Crippen LogP contribution in [-0.2, 0) is 6.42 Å². The number of hydrogen-bond donors (Lipinski definition) is 0. The van der Waals surface area contributed by atoms with Crippen molar-refractivity contribution < 1.29 is 0 Å². The molecule has 0 aliphatic heterocycles. The number of fused-ring (bicyclic) bond motifs is 1. The molecule has 0 heteroatoms. The van der Waals surface area contributed by atoms with Gasteiger partial charge >= 0.3 is 0 Å². The van der Waals surface area contributed by atoms with E-state index in [2.05, 4.69) is 37.8 Å². The van der Waals surface area contributed by atoms with Crippen molar-refractivity contribution in [3.63, 3.8) is 0 Å². The van der Waals surface area contributed by atoms with E-state index < -0.39 is 0 Å². The van der Waals surface area contributed by atoms with Gasteiger partial charge in [0.15, 0.2) is 0 Å². The van der Waals surface area contributed by atoms with Crippen molar-refractivity contribution in [1.82, 2.24) is 0 Å². The first-order chi connectivity index (χ1) is 16.3. The molecular weight excluding hydrogens is 396 g/mol. The number of allylic oxidation sites excluding steroid dienone is 1. The summed E-state index contributed by atoms with van der Waals surface area (Å²) in [6, 6.07) is 9.64. The molecule has 0 bridgehead atoms. The van der Waals surface area contributed by atoms with E-state index in [4.69, 9.17) is 0 Å². The fourth-order valence-corrected chi connectivity index (χ4v) is 7.87. The van der Waals surface area contributed by atoms with Gasteiger partial charge in [0.1, 0.15) is 0 Å². The minimum absolute atomic E-state index is 0.823. The molecule has 3 aliphatic rings. The lowest BCUT2D eigenvalue weighted by molar-refractivity contribution is 0.0710. The Kier molecular flexibility index (Phi) is 9.99. The maximum atomic E-state index is 3.86. The smallest absolute Gasteiger partial charge is 0.0159 e. The van der Waals surface area contributed by atoms with Crippen LogP contribution in [0.15, 0.2) is 36.9 Å². The quantitative estimate of drug-likeness (QED) is 0.233. The predicted molar refractivity (Wildman–Crippen MR) is 145 cm³/mol. The van der Waals surface area contributed by atoms with Crippen LogP contribution in [-0.4, -0.2) is 0 Å². The molecule has 0 N–H and O–H groups in total. The number of aryl methyl sites for hydroxylation is 1. The van der Waals surface area contributed by atoms with Crippen molar-refractivity contribution in [3.05, 3.63) is 48.0 Å². The van der Waals surface area contributed by atoms with Gasteiger partial charge < -0.3 is 0 Å². The highest BCUT2D eigenvalue weighted by molar-refractivity contribution is 5.26. The van der Waals surface area contributed by atoms with Gasteiger partial charge in [0.05, 0.1) is 0 Å². The SMILES string of the molecule is C=CCCc1ccc(C2CCC3CC(C4CCC(CCCCCCC)CC4)CCC3C2)cc1. The van der Waals surface area contributed by atoms with Gasteiger partial charge in [0.2, 0.25) is 0 Å². The normalized spacial score (nSPS) is 32.3. The average molecular weight is 449 g/mol. The van der Waals surface area contributed by atoms with Gasteiger partial charge in [0.25, 0.3) is 0 Å². The maximum absolute atomic E-state index is 3.86. The molecule has 0 amide bonds. The molecule has 0 aromatic heterocycles. The van der Waals surface area contributed by atoms with E-state index in [1.807, 2.05) is 6.08 Å². The van der Waals surface area contributed by atoms with Crippen LogP contribution in [0.3, 0.4) is 0 Å². The van der Waals surface area contributed by atoms with Crippen molar-refractivity contribution in [2.45, 2.75) is 128 Å². The van der Waals surface area contributed by atoms with Crippen LogP contribution in [0.2, 0.25) is 0 Å². The van der Waals surface area contributed by atoms with Crippen LogP contribution < -0.4 is 0 Å². The van der Waals surface area contributed by atoms with E-state index in [0.29, 0.717) is 0 Å². The Bertz CT molecular complexity index is 676. The minimum atomic E-state index is 0.823. The molecule has 4 atom stereocenters. The van der Waals surface area contributed by atoms with Crippen molar-refractivity contribution in [3.8, 4) is 0 Å². The molecule has 4 rings (SSSR count). The first-order valence-corrected chi connectivity index (χ1v) is 15.0. The monoisotopic (exact) mass is 448 g/mol. The maximum Gasteiger partial charge on any atom is -0.0159 e. The molecule has 0 saturated heterocycles. The Labute approximate surface area is 206 Å². The van der Waals surface area contributed by atoms with Crippen molar-refractivity contribution in [2.24, 2.45) is 29.6 Å². The fourth-order valence-electron chi connectivity index (χ4n) is 7.87. The summed E-state index contributed by atoms with van der Waals surface area (Å²) < 4.78 is 0. The average Bonchev–Trinajstić information content (AvgIpc) is 2.87. The van der Waals surface area contributed by atoms with E-state index in [0.717, 1.165) is 48.3 Å². The summed E-state index contributed by atoms with van der Waals surface area (Å²) in [5.41, 5.74) is 3.09. The van der Waals surface area contributed by atoms with Gasteiger partial charge in [-0.1, -0.05) is 88.6 Å². The molecule has 3 saturated carbocycles. The Hall–Kier alpha value is -1.04. The van der Waals surface area contributed by atoms with Crippen LogP contribution in [0.1, 0.15) is 133 Å². The Morgan fingerprint density at radius 2 is 1.36 bits per heavy atom. The van der Waals surface area contributed by atoms with E-state index in [1.54, 1.807) is 44.1 Å². The zero-order chi connectivity index (χ0) is 22.9. The molecule has 4 unspecified atom stereocenters. The fraction of sp³-hybridized carbons (Fsp3) is 0.758. The second-order valence-electron chi connectivity index (χ2n) is 12.2. The standard InChI is InChI=1S/C33H52/c1-3-5-7-8-9-11-27-14-18-29(19-15-27)31-21-23-32-24-30(20-22-33(32)25-31)28-16-12-26(13-17-28)10-6-4-2/h4,12-13,16-17,27,29-33H,2-3,5-11,14-15,18-25H2,1H3. The number of hydrogen-bond acceptors (Lipinski definition) is 0. The summed E-state index contributed by atoms with van der Waals surface area (Å²) in [7, 11) is 0. The Morgan fingerprint density at radius 1 is 0.727 bits per heavy atom.